The van der Waals surface area contributed by atoms with Crippen LogP contribution in [0.25, 0.3) is 0 Å². The summed E-state index contributed by atoms with van der Waals surface area (Å²) in [5, 5.41) is 3.40. The second-order valence-corrected chi connectivity index (χ2v) is 6.08. The molecule has 1 aromatic carbocycles. The van der Waals surface area contributed by atoms with Crippen molar-refractivity contribution in [1.29, 1.82) is 0 Å². The highest BCUT2D eigenvalue weighted by molar-refractivity contribution is 5.31. The zero-order chi connectivity index (χ0) is 14.1. The highest BCUT2D eigenvalue weighted by Crippen LogP contribution is 2.24. The molecule has 0 saturated carbocycles. The summed E-state index contributed by atoms with van der Waals surface area (Å²) in [7, 11) is 0. The molecule has 0 heterocycles. The van der Waals surface area contributed by atoms with Crippen molar-refractivity contribution in [2.75, 3.05) is 19.7 Å². The zero-order valence-electron chi connectivity index (χ0n) is 13.0. The zero-order valence-corrected chi connectivity index (χ0v) is 13.0. The van der Waals surface area contributed by atoms with Gasteiger partial charge in [-0.15, -0.1) is 0 Å². The summed E-state index contributed by atoms with van der Waals surface area (Å²) >= 11 is 0. The third kappa shape index (κ3) is 6.63. The number of rotatable bonds is 8. The summed E-state index contributed by atoms with van der Waals surface area (Å²) in [6.45, 7) is 11.9. The Labute approximate surface area is 118 Å². The molecular formula is C17H29NO. The highest BCUT2D eigenvalue weighted by atomic mass is 16.5. The molecule has 0 atom stereocenters. The Kier molecular flexibility index (Phi) is 6.93. The SMILES string of the molecule is CCCNCCCCOc1ccc(C(C)(C)C)cc1. The van der Waals surface area contributed by atoms with E-state index < -0.39 is 0 Å². The lowest BCUT2D eigenvalue weighted by Crippen LogP contribution is -2.16. The summed E-state index contributed by atoms with van der Waals surface area (Å²) < 4.78 is 5.75. The van der Waals surface area contributed by atoms with Gasteiger partial charge in [-0.2, -0.15) is 0 Å². The van der Waals surface area contributed by atoms with E-state index in [9.17, 15) is 0 Å². The Hall–Kier alpha value is -1.02. The van der Waals surface area contributed by atoms with Crippen molar-refractivity contribution in [3.8, 4) is 5.75 Å². The van der Waals surface area contributed by atoms with Crippen molar-refractivity contribution in [3.63, 3.8) is 0 Å². The Morgan fingerprint density at radius 2 is 1.68 bits per heavy atom. The summed E-state index contributed by atoms with van der Waals surface area (Å²) in [5.74, 6) is 0.981. The summed E-state index contributed by atoms with van der Waals surface area (Å²) in [5.41, 5.74) is 1.56. The van der Waals surface area contributed by atoms with Crippen LogP contribution in [0, 0.1) is 0 Å². The maximum atomic E-state index is 5.75. The Balaban J connectivity index is 2.20. The van der Waals surface area contributed by atoms with Crippen molar-refractivity contribution in [3.05, 3.63) is 29.8 Å². The minimum absolute atomic E-state index is 0.212. The molecule has 2 heteroatoms. The number of unbranched alkanes of at least 4 members (excludes halogenated alkanes) is 1. The lowest BCUT2D eigenvalue weighted by molar-refractivity contribution is 0.305. The van der Waals surface area contributed by atoms with Crippen LogP contribution < -0.4 is 10.1 Å². The van der Waals surface area contributed by atoms with Gasteiger partial charge in [-0.25, -0.2) is 0 Å². The molecule has 0 aromatic heterocycles. The first-order valence-electron chi connectivity index (χ1n) is 7.48. The summed E-state index contributed by atoms with van der Waals surface area (Å²) in [6, 6.07) is 8.49. The van der Waals surface area contributed by atoms with Crippen molar-refractivity contribution >= 4 is 0 Å². The fourth-order valence-electron chi connectivity index (χ4n) is 1.90. The van der Waals surface area contributed by atoms with Gasteiger partial charge >= 0.3 is 0 Å². The molecule has 0 saturated heterocycles. The van der Waals surface area contributed by atoms with Gasteiger partial charge in [-0.1, -0.05) is 39.8 Å². The molecule has 108 valence electrons. The fraction of sp³-hybridized carbons (Fsp3) is 0.647. The molecule has 0 radical (unpaired) electrons. The van der Waals surface area contributed by atoms with Crippen molar-refractivity contribution in [1.82, 2.24) is 5.32 Å². The molecule has 1 aromatic rings. The number of benzene rings is 1. The number of hydrogen-bond acceptors (Lipinski definition) is 2. The first-order valence-corrected chi connectivity index (χ1v) is 7.48. The third-order valence-corrected chi connectivity index (χ3v) is 3.16. The van der Waals surface area contributed by atoms with E-state index in [1.54, 1.807) is 0 Å². The molecule has 1 rings (SSSR count). The van der Waals surface area contributed by atoms with Gasteiger partial charge in [0.1, 0.15) is 5.75 Å². The lowest BCUT2D eigenvalue weighted by Gasteiger charge is -2.19. The van der Waals surface area contributed by atoms with Gasteiger partial charge in [0.15, 0.2) is 0 Å². The van der Waals surface area contributed by atoms with Crippen molar-refractivity contribution < 1.29 is 4.74 Å². The van der Waals surface area contributed by atoms with Crippen LogP contribution in [0.4, 0.5) is 0 Å². The summed E-state index contributed by atoms with van der Waals surface area (Å²) in [6.07, 6.45) is 3.49. The van der Waals surface area contributed by atoms with E-state index in [4.69, 9.17) is 4.74 Å². The second kappa shape index (κ2) is 8.21. The van der Waals surface area contributed by atoms with Crippen LogP contribution in [0.5, 0.6) is 5.75 Å². The maximum absolute atomic E-state index is 5.75. The average molecular weight is 263 g/mol. The van der Waals surface area contributed by atoms with E-state index in [-0.39, 0.29) is 5.41 Å². The first kappa shape index (κ1) is 16.0. The van der Waals surface area contributed by atoms with E-state index in [0.29, 0.717) is 0 Å². The smallest absolute Gasteiger partial charge is 0.119 e. The van der Waals surface area contributed by atoms with E-state index >= 15 is 0 Å². The number of nitrogens with one attached hydrogen (secondary N) is 1. The predicted octanol–water partition coefficient (Wildman–Crippen LogP) is 4.14. The van der Waals surface area contributed by atoms with Gasteiger partial charge in [0, 0.05) is 0 Å². The van der Waals surface area contributed by atoms with E-state index in [1.165, 1.54) is 18.4 Å². The predicted molar refractivity (Wildman–Crippen MR) is 83.0 cm³/mol. The molecule has 0 amide bonds. The van der Waals surface area contributed by atoms with E-state index in [0.717, 1.165) is 31.9 Å². The monoisotopic (exact) mass is 263 g/mol. The van der Waals surface area contributed by atoms with Gasteiger partial charge in [-0.3, -0.25) is 0 Å². The van der Waals surface area contributed by atoms with Crippen LogP contribution in [0.1, 0.15) is 52.5 Å². The minimum atomic E-state index is 0.212. The Bertz CT molecular complexity index is 337. The van der Waals surface area contributed by atoms with Crippen LogP contribution >= 0.6 is 0 Å². The molecule has 0 fully saturated rings. The molecule has 19 heavy (non-hydrogen) atoms. The van der Waals surface area contributed by atoms with Crippen molar-refractivity contribution in [2.45, 2.75) is 52.4 Å². The molecule has 0 bridgehead atoms. The molecule has 0 aliphatic rings. The van der Waals surface area contributed by atoms with Crippen LogP contribution in [-0.2, 0) is 5.41 Å². The van der Waals surface area contributed by atoms with Gasteiger partial charge < -0.3 is 10.1 Å². The van der Waals surface area contributed by atoms with Gasteiger partial charge in [-0.05, 0) is 55.5 Å². The van der Waals surface area contributed by atoms with E-state index in [2.05, 4.69) is 57.3 Å². The largest absolute Gasteiger partial charge is 0.494 e. The molecule has 2 nitrogen and oxygen atoms in total. The molecule has 0 spiro atoms. The third-order valence-electron chi connectivity index (χ3n) is 3.16. The van der Waals surface area contributed by atoms with Crippen LogP contribution in [0.15, 0.2) is 24.3 Å². The Morgan fingerprint density at radius 3 is 2.26 bits per heavy atom. The van der Waals surface area contributed by atoms with Crippen molar-refractivity contribution in [2.24, 2.45) is 0 Å². The molecule has 0 unspecified atom stereocenters. The highest BCUT2D eigenvalue weighted by Gasteiger charge is 2.12. The minimum Gasteiger partial charge on any atom is -0.494 e. The Morgan fingerprint density at radius 1 is 1.00 bits per heavy atom. The second-order valence-electron chi connectivity index (χ2n) is 6.08. The molecule has 0 aliphatic heterocycles. The summed E-state index contributed by atoms with van der Waals surface area (Å²) in [4.78, 5) is 0. The maximum Gasteiger partial charge on any atom is 0.119 e. The topological polar surface area (TPSA) is 21.3 Å². The average Bonchev–Trinajstić information content (AvgIpc) is 2.37. The van der Waals surface area contributed by atoms with E-state index in [1.807, 2.05) is 0 Å². The normalized spacial score (nSPS) is 11.6. The fourth-order valence-corrected chi connectivity index (χ4v) is 1.90. The molecular weight excluding hydrogens is 234 g/mol. The van der Waals surface area contributed by atoms with Gasteiger partial charge in [0.05, 0.1) is 6.61 Å². The molecule has 0 aliphatic carbocycles. The van der Waals surface area contributed by atoms with Crippen LogP contribution in [-0.4, -0.2) is 19.7 Å². The quantitative estimate of drug-likeness (QED) is 0.712. The molecule has 1 N–H and O–H groups in total. The number of ether oxygens (including phenoxy) is 1. The van der Waals surface area contributed by atoms with Crippen LogP contribution in [0.3, 0.4) is 0 Å². The number of hydrogen-bond donors (Lipinski definition) is 1. The first-order chi connectivity index (χ1) is 9.04. The van der Waals surface area contributed by atoms with Gasteiger partial charge in [0.2, 0.25) is 0 Å². The lowest BCUT2D eigenvalue weighted by atomic mass is 9.87. The van der Waals surface area contributed by atoms with Gasteiger partial charge in [0.25, 0.3) is 0 Å². The standard InChI is InChI=1S/C17H29NO/c1-5-12-18-13-6-7-14-19-16-10-8-15(9-11-16)17(2,3)4/h8-11,18H,5-7,12-14H2,1-4H3. The van der Waals surface area contributed by atoms with Crippen LogP contribution in [0.2, 0.25) is 0 Å².